The number of nitrogen functional groups attached to an aromatic ring is 1. The van der Waals surface area contributed by atoms with Crippen molar-refractivity contribution >= 4 is 5.82 Å². The monoisotopic (exact) mass is 245 g/mol. The van der Waals surface area contributed by atoms with Crippen LogP contribution in [0.4, 0.5) is 5.82 Å². The van der Waals surface area contributed by atoms with Crippen LogP contribution in [0.1, 0.15) is 5.69 Å². The first kappa shape index (κ1) is 12.2. The maximum atomic E-state index is 5.62. The van der Waals surface area contributed by atoms with Crippen LogP contribution in [-0.2, 0) is 6.61 Å². The Kier molecular flexibility index (Phi) is 3.98. The number of methoxy groups -OCH3 is 1. The summed E-state index contributed by atoms with van der Waals surface area (Å²) in [5.74, 6) is 7.41. The van der Waals surface area contributed by atoms with Gasteiger partial charge in [-0.15, -0.1) is 0 Å². The van der Waals surface area contributed by atoms with Gasteiger partial charge in [0, 0.05) is 6.07 Å². The normalized spacial score (nSPS) is 9.89. The van der Waals surface area contributed by atoms with Crippen LogP contribution in [0.25, 0.3) is 0 Å². The topological polar surface area (TPSA) is 69.4 Å². The summed E-state index contributed by atoms with van der Waals surface area (Å²) in [7, 11) is 1.62. The van der Waals surface area contributed by atoms with Crippen molar-refractivity contribution in [2.24, 2.45) is 5.84 Å². The van der Waals surface area contributed by atoms with E-state index >= 15 is 0 Å². The zero-order chi connectivity index (χ0) is 12.8. The molecule has 18 heavy (non-hydrogen) atoms. The molecule has 0 saturated heterocycles. The van der Waals surface area contributed by atoms with Crippen molar-refractivity contribution in [1.82, 2.24) is 4.98 Å². The Morgan fingerprint density at radius 3 is 2.72 bits per heavy atom. The number of ether oxygens (including phenoxy) is 2. The zero-order valence-corrected chi connectivity index (χ0v) is 10.1. The second-order valence-corrected chi connectivity index (χ2v) is 3.63. The van der Waals surface area contributed by atoms with Crippen LogP contribution in [0.3, 0.4) is 0 Å². The van der Waals surface area contributed by atoms with E-state index in [1.807, 2.05) is 36.4 Å². The maximum Gasteiger partial charge on any atom is 0.140 e. The molecule has 1 aromatic carbocycles. The first-order valence-electron chi connectivity index (χ1n) is 5.51. The van der Waals surface area contributed by atoms with Crippen LogP contribution in [0.5, 0.6) is 11.5 Å². The van der Waals surface area contributed by atoms with Crippen LogP contribution >= 0.6 is 0 Å². The van der Waals surface area contributed by atoms with Gasteiger partial charge in [-0.3, -0.25) is 0 Å². The average Bonchev–Trinajstić information content (AvgIpc) is 2.45. The van der Waals surface area contributed by atoms with Crippen LogP contribution in [0.15, 0.2) is 42.5 Å². The fraction of sp³-hybridized carbons (Fsp3) is 0.154. The van der Waals surface area contributed by atoms with Gasteiger partial charge < -0.3 is 14.9 Å². The highest BCUT2D eigenvalue weighted by Crippen LogP contribution is 2.19. The number of anilines is 1. The second-order valence-electron chi connectivity index (χ2n) is 3.63. The van der Waals surface area contributed by atoms with Gasteiger partial charge >= 0.3 is 0 Å². The Morgan fingerprint density at radius 2 is 1.94 bits per heavy atom. The number of hydrazine groups is 1. The SMILES string of the molecule is COc1cccc(OCc2cccc(NN)n2)c1. The molecule has 0 bridgehead atoms. The van der Waals surface area contributed by atoms with Gasteiger partial charge in [-0.25, -0.2) is 10.8 Å². The third kappa shape index (κ3) is 3.11. The van der Waals surface area contributed by atoms with E-state index in [0.29, 0.717) is 12.4 Å². The van der Waals surface area contributed by atoms with Gasteiger partial charge in [0.25, 0.3) is 0 Å². The highest BCUT2D eigenvalue weighted by atomic mass is 16.5. The van der Waals surface area contributed by atoms with Crippen LogP contribution < -0.4 is 20.7 Å². The molecule has 0 aliphatic rings. The molecule has 0 atom stereocenters. The predicted octanol–water partition coefficient (Wildman–Crippen LogP) is 1.95. The molecule has 94 valence electrons. The molecule has 2 aromatic rings. The molecule has 5 heteroatoms. The highest BCUT2D eigenvalue weighted by molar-refractivity contribution is 5.34. The van der Waals surface area contributed by atoms with Gasteiger partial charge in [-0.1, -0.05) is 12.1 Å². The van der Waals surface area contributed by atoms with Crippen molar-refractivity contribution in [3.63, 3.8) is 0 Å². The standard InChI is InChI=1S/C13H15N3O2/c1-17-11-5-3-6-12(8-11)18-9-10-4-2-7-13(15-10)16-14/h2-8H,9,14H2,1H3,(H,15,16). The summed E-state index contributed by atoms with van der Waals surface area (Å²) in [4.78, 5) is 4.26. The number of rotatable bonds is 5. The number of benzene rings is 1. The number of nitrogens with zero attached hydrogens (tertiary/aromatic N) is 1. The van der Waals surface area contributed by atoms with Gasteiger partial charge in [-0.2, -0.15) is 0 Å². The Labute approximate surface area is 106 Å². The third-order valence-corrected chi connectivity index (χ3v) is 2.38. The lowest BCUT2D eigenvalue weighted by Crippen LogP contribution is -2.09. The average molecular weight is 245 g/mol. The molecule has 0 amide bonds. The molecule has 0 spiro atoms. The lowest BCUT2D eigenvalue weighted by molar-refractivity contribution is 0.299. The Hall–Kier alpha value is -2.27. The lowest BCUT2D eigenvalue weighted by atomic mass is 10.3. The molecule has 0 aliphatic carbocycles. The van der Waals surface area contributed by atoms with Crippen molar-refractivity contribution in [3.05, 3.63) is 48.2 Å². The summed E-state index contributed by atoms with van der Waals surface area (Å²) in [5.41, 5.74) is 3.30. The number of aromatic nitrogens is 1. The Bertz CT molecular complexity index is 470. The number of hydrogen-bond donors (Lipinski definition) is 2. The van der Waals surface area contributed by atoms with Crippen molar-refractivity contribution in [2.75, 3.05) is 12.5 Å². The van der Waals surface area contributed by atoms with Gasteiger partial charge in [0.2, 0.25) is 0 Å². The number of pyridine rings is 1. The van der Waals surface area contributed by atoms with Crippen molar-refractivity contribution in [1.29, 1.82) is 0 Å². The lowest BCUT2D eigenvalue weighted by Gasteiger charge is -2.08. The minimum atomic E-state index is 0.378. The molecule has 0 saturated carbocycles. The molecule has 5 nitrogen and oxygen atoms in total. The van der Waals surface area contributed by atoms with Crippen LogP contribution in [-0.4, -0.2) is 12.1 Å². The molecular formula is C13H15N3O2. The van der Waals surface area contributed by atoms with E-state index in [-0.39, 0.29) is 0 Å². The Balaban J connectivity index is 2.01. The molecule has 0 radical (unpaired) electrons. The first-order valence-corrected chi connectivity index (χ1v) is 5.51. The van der Waals surface area contributed by atoms with Gasteiger partial charge in [0.15, 0.2) is 0 Å². The third-order valence-electron chi connectivity index (χ3n) is 2.38. The molecule has 3 N–H and O–H groups in total. The second kappa shape index (κ2) is 5.88. The number of hydrogen-bond acceptors (Lipinski definition) is 5. The predicted molar refractivity (Wildman–Crippen MR) is 69.4 cm³/mol. The number of nitrogens with one attached hydrogen (secondary N) is 1. The molecule has 1 aromatic heterocycles. The number of nitrogens with two attached hydrogens (primary N) is 1. The van der Waals surface area contributed by atoms with Gasteiger partial charge in [-0.05, 0) is 24.3 Å². The zero-order valence-electron chi connectivity index (χ0n) is 10.1. The van der Waals surface area contributed by atoms with E-state index in [9.17, 15) is 0 Å². The Morgan fingerprint density at radius 1 is 1.17 bits per heavy atom. The van der Waals surface area contributed by atoms with Crippen LogP contribution in [0.2, 0.25) is 0 Å². The maximum absolute atomic E-state index is 5.62. The van der Waals surface area contributed by atoms with E-state index in [4.69, 9.17) is 15.3 Å². The largest absolute Gasteiger partial charge is 0.497 e. The summed E-state index contributed by atoms with van der Waals surface area (Å²) in [5, 5.41) is 0. The quantitative estimate of drug-likeness (QED) is 0.622. The molecule has 1 heterocycles. The smallest absolute Gasteiger partial charge is 0.140 e. The fourth-order valence-corrected chi connectivity index (χ4v) is 1.49. The summed E-state index contributed by atoms with van der Waals surface area (Å²) in [6.07, 6.45) is 0. The minimum absolute atomic E-state index is 0.378. The molecular weight excluding hydrogens is 230 g/mol. The van der Waals surface area contributed by atoms with E-state index in [2.05, 4.69) is 10.4 Å². The minimum Gasteiger partial charge on any atom is -0.497 e. The van der Waals surface area contributed by atoms with Crippen molar-refractivity contribution in [2.45, 2.75) is 6.61 Å². The van der Waals surface area contributed by atoms with Crippen LogP contribution in [0, 0.1) is 0 Å². The highest BCUT2D eigenvalue weighted by Gasteiger charge is 2.00. The van der Waals surface area contributed by atoms with E-state index in [1.54, 1.807) is 13.2 Å². The van der Waals surface area contributed by atoms with E-state index in [1.165, 1.54) is 0 Å². The summed E-state index contributed by atoms with van der Waals surface area (Å²) in [6, 6.07) is 13.0. The summed E-state index contributed by atoms with van der Waals surface area (Å²) >= 11 is 0. The molecule has 0 fully saturated rings. The summed E-state index contributed by atoms with van der Waals surface area (Å²) in [6.45, 7) is 0.378. The molecule has 0 aliphatic heterocycles. The van der Waals surface area contributed by atoms with Gasteiger partial charge in [0.05, 0.1) is 12.8 Å². The van der Waals surface area contributed by atoms with E-state index < -0.39 is 0 Å². The molecule has 0 unspecified atom stereocenters. The summed E-state index contributed by atoms with van der Waals surface area (Å²) < 4.78 is 10.7. The fourth-order valence-electron chi connectivity index (χ4n) is 1.49. The van der Waals surface area contributed by atoms with E-state index in [0.717, 1.165) is 17.2 Å². The van der Waals surface area contributed by atoms with Crippen molar-refractivity contribution in [3.8, 4) is 11.5 Å². The van der Waals surface area contributed by atoms with Crippen molar-refractivity contribution < 1.29 is 9.47 Å². The first-order chi connectivity index (χ1) is 8.81. The molecule has 2 rings (SSSR count). The van der Waals surface area contributed by atoms with Gasteiger partial charge in [0.1, 0.15) is 23.9 Å².